The normalized spacial score (nSPS) is 18.3. The molecule has 1 saturated carbocycles. The van der Waals surface area contributed by atoms with Gasteiger partial charge in [0.2, 0.25) is 0 Å². The summed E-state index contributed by atoms with van der Waals surface area (Å²) in [4.78, 5) is 37.3. The third kappa shape index (κ3) is 3.85. The summed E-state index contributed by atoms with van der Waals surface area (Å²) in [6.45, 7) is 4.34. The van der Waals surface area contributed by atoms with E-state index in [1.807, 2.05) is 31.2 Å². The van der Waals surface area contributed by atoms with Crippen molar-refractivity contribution < 1.29 is 9.59 Å². The number of aryl methyl sites for hydroxylation is 1. The number of rotatable bonds is 5. The number of amides is 2. The van der Waals surface area contributed by atoms with Crippen LogP contribution in [-0.4, -0.2) is 29.5 Å². The van der Waals surface area contributed by atoms with Crippen LogP contribution in [0.5, 0.6) is 0 Å². The third-order valence-electron chi connectivity index (χ3n) is 4.68. The molecule has 2 atom stereocenters. The first kappa shape index (κ1) is 17.9. The average Bonchev–Trinajstić information content (AvgIpc) is 3.30. The molecule has 1 fully saturated rings. The van der Waals surface area contributed by atoms with E-state index in [9.17, 15) is 14.4 Å². The van der Waals surface area contributed by atoms with Crippen molar-refractivity contribution in [2.75, 3.05) is 7.05 Å². The summed E-state index contributed by atoms with van der Waals surface area (Å²) in [5, 5.41) is 5.40. The fraction of sp³-hybridized carbons (Fsp3) is 0.350. The molecular formula is C20H23N3O3. The van der Waals surface area contributed by atoms with Gasteiger partial charge in [0.1, 0.15) is 5.56 Å². The van der Waals surface area contributed by atoms with Crippen molar-refractivity contribution in [2.24, 2.45) is 5.92 Å². The van der Waals surface area contributed by atoms with Crippen LogP contribution in [-0.2, 0) is 6.54 Å². The van der Waals surface area contributed by atoms with Crippen LogP contribution in [0, 0.1) is 12.8 Å². The Hall–Kier alpha value is -2.89. The number of carbonyl (C=O) groups excluding carboxylic acids is 2. The molecule has 2 N–H and O–H groups in total. The first-order valence-electron chi connectivity index (χ1n) is 8.72. The first-order chi connectivity index (χ1) is 12.4. The van der Waals surface area contributed by atoms with Gasteiger partial charge in [-0.2, -0.15) is 0 Å². The number of hydrogen-bond donors (Lipinski definition) is 2. The molecule has 0 saturated heterocycles. The van der Waals surface area contributed by atoms with Crippen molar-refractivity contribution in [1.29, 1.82) is 0 Å². The van der Waals surface area contributed by atoms with Gasteiger partial charge in [0.05, 0.1) is 12.1 Å². The molecular weight excluding hydrogens is 330 g/mol. The van der Waals surface area contributed by atoms with E-state index in [2.05, 4.69) is 17.6 Å². The van der Waals surface area contributed by atoms with Crippen LogP contribution in [0.25, 0.3) is 0 Å². The number of hydrogen-bond acceptors (Lipinski definition) is 3. The summed E-state index contributed by atoms with van der Waals surface area (Å²) in [6.07, 6.45) is 2.48. The second kappa shape index (κ2) is 7.15. The Labute approximate surface area is 152 Å². The Morgan fingerprint density at radius 3 is 2.58 bits per heavy atom. The molecule has 0 radical (unpaired) electrons. The van der Waals surface area contributed by atoms with E-state index in [-0.39, 0.29) is 17.5 Å². The van der Waals surface area contributed by atoms with Gasteiger partial charge in [0, 0.05) is 19.3 Å². The lowest BCUT2D eigenvalue weighted by Crippen LogP contribution is -2.34. The van der Waals surface area contributed by atoms with E-state index in [1.54, 1.807) is 0 Å². The topological polar surface area (TPSA) is 80.2 Å². The van der Waals surface area contributed by atoms with Crippen LogP contribution in [0.2, 0.25) is 0 Å². The SMILES string of the molecule is CNC(=O)c1cc(C(=O)N[C@@H]2C[C@@H]2C)cn(Cc2cccc(C)c2)c1=O. The molecule has 1 aromatic heterocycles. The smallest absolute Gasteiger partial charge is 0.263 e. The van der Waals surface area contributed by atoms with Crippen LogP contribution < -0.4 is 16.2 Å². The molecule has 2 aromatic rings. The van der Waals surface area contributed by atoms with Gasteiger partial charge in [-0.15, -0.1) is 0 Å². The highest BCUT2D eigenvalue weighted by molar-refractivity contribution is 5.99. The van der Waals surface area contributed by atoms with Crippen molar-refractivity contribution in [2.45, 2.75) is 32.9 Å². The predicted octanol–water partition coefficient (Wildman–Crippen LogP) is 1.70. The maximum Gasteiger partial charge on any atom is 0.263 e. The van der Waals surface area contributed by atoms with Gasteiger partial charge in [-0.1, -0.05) is 36.8 Å². The monoisotopic (exact) mass is 353 g/mol. The van der Waals surface area contributed by atoms with E-state index in [4.69, 9.17) is 0 Å². The van der Waals surface area contributed by atoms with Gasteiger partial charge in [0.25, 0.3) is 17.4 Å². The van der Waals surface area contributed by atoms with E-state index >= 15 is 0 Å². The van der Waals surface area contributed by atoms with Crippen molar-refractivity contribution in [1.82, 2.24) is 15.2 Å². The maximum atomic E-state index is 12.7. The largest absolute Gasteiger partial charge is 0.355 e. The second-order valence-corrected chi connectivity index (χ2v) is 6.94. The molecule has 1 heterocycles. The molecule has 1 aromatic carbocycles. The lowest BCUT2D eigenvalue weighted by molar-refractivity contribution is 0.0948. The zero-order chi connectivity index (χ0) is 18.8. The molecule has 2 amide bonds. The number of aromatic nitrogens is 1. The average molecular weight is 353 g/mol. The summed E-state index contributed by atoms with van der Waals surface area (Å²) in [5.74, 6) is -0.291. The van der Waals surface area contributed by atoms with E-state index in [0.29, 0.717) is 18.0 Å². The minimum absolute atomic E-state index is 0.0309. The summed E-state index contributed by atoms with van der Waals surface area (Å²) in [6, 6.07) is 9.32. The number of benzene rings is 1. The zero-order valence-electron chi connectivity index (χ0n) is 15.2. The molecule has 26 heavy (non-hydrogen) atoms. The second-order valence-electron chi connectivity index (χ2n) is 6.94. The Balaban J connectivity index is 1.98. The van der Waals surface area contributed by atoms with E-state index in [0.717, 1.165) is 17.5 Å². The molecule has 3 rings (SSSR count). The lowest BCUT2D eigenvalue weighted by atomic mass is 10.1. The molecule has 0 unspecified atom stereocenters. The van der Waals surface area contributed by atoms with Crippen LogP contribution in [0.4, 0.5) is 0 Å². The molecule has 0 aliphatic heterocycles. The molecule has 136 valence electrons. The van der Waals surface area contributed by atoms with E-state index < -0.39 is 11.5 Å². The standard InChI is InChI=1S/C20H23N3O3/c1-12-5-4-6-14(7-12)10-23-11-15(18(24)22-17-8-13(17)2)9-16(20(23)26)19(25)21-3/h4-7,9,11,13,17H,8,10H2,1-3H3,(H,21,25)(H,22,24)/t13-,17+/m0/s1. The van der Waals surface area contributed by atoms with Crippen LogP contribution >= 0.6 is 0 Å². The third-order valence-corrected chi connectivity index (χ3v) is 4.68. The zero-order valence-corrected chi connectivity index (χ0v) is 15.2. The lowest BCUT2D eigenvalue weighted by Gasteiger charge is -2.12. The van der Waals surface area contributed by atoms with Crippen molar-refractivity contribution in [3.63, 3.8) is 0 Å². The molecule has 1 aliphatic rings. The van der Waals surface area contributed by atoms with Gasteiger partial charge in [-0.3, -0.25) is 14.4 Å². The molecule has 1 aliphatic carbocycles. The maximum absolute atomic E-state index is 12.7. The Bertz CT molecular complexity index is 917. The summed E-state index contributed by atoms with van der Waals surface area (Å²) in [7, 11) is 1.46. The highest BCUT2D eigenvalue weighted by Gasteiger charge is 2.34. The summed E-state index contributed by atoms with van der Waals surface area (Å²) in [5.41, 5.74) is 1.89. The highest BCUT2D eigenvalue weighted by atomic mass is 16.2. The van der Waals surface area contributed by atoms with Crippen molar-refractivity contribution >= 4 is 11.8 Å². The number of carbonyl (C=O) groups is 2. The first-order valence-corrected chi connectivity index (χ1v) is 8.72. The van der Waals surface area contributed by atoms with Gasteiger partial charge in [0.15, 0.2) is 0 Å². The van der Waals surface area contributed by atoms with Gasteiger partial charge in [-0.05, 0) is 30.9 Å². The quantitative estimate of drug-likeness (QED) is 0.859. The number of nitrogens with one attached hydrogen (secondary N) is 2. The van der Waals surface area contributed by atoms with E-state index in [1.165, 1.54) is 23.9 Å². The van der Waals surface area contributed by atoms with Crippen molar-refractivity contribution in [3.05, 3.63) is 69.1 Å². The number of pyridine rings is 1. The van der Waals surface area contributed by atoms with Crippen molar-refractivity contribution in [3.8, 4) is 0 Å². The number of nitrogens with zero attached hydrogens (tertiary/aromatic N) is 1. The molecule has 0 spiro atoms. The predicted molar refractivity (Wildman–Crippen MR) is 99.4 cm³/mol. The van der Waals surface area contributed by atoms with Gasteiger partial charge < -0.3 is 15.2 Å². The van der Waals surface area contributed by atoms with Gasteiger partial charge >= 0.3 is 0 Å². The summed E-state index contributed by atoms with van der Waals surface area (Å²) < 4.78 is 1.42. The fourth-order valence-corrected chi connectivity index (χ4v) is 2.96. The van der Waals surface area contributed by atoms with Crippen LogP contribution in [0.3, 0.4) is 0 Å². The Morgan fingerprint density at radius 1 is 1.23 bits per heavy atom. The van der Waals surface area contributed by atoms with Crippen LogP contribution in [0.15, 0.2) is 41.3 Å². The minimum atomic E-state index is -0.498. The Morgan fingerprint density at radius 2 is 1.96 bits per heavy atom. The molecule has 0 bridgehead atoms. The highest BCUT2D eigenvalue weighted by Crippen LogP contribution is 2.29. The Kier molecular flexibility index (Phi) is 4.93. The molecule has 6 heteroatoms. The minimum Gasteiger partial charge on any atom is -0.355 e. The fourth-order valence-electron chi connectivity index (χ4n) is 2.96. The van der Waals surface area contributed by atoms with Gasteiger partial charge in [-0.25, -0.2) is 0 Å². The van der Waals surface area contributed by atoms with Crippen LogP contribution in [0.1, 0.15) is 45.2 Å². The summed E-state index contributed by atoms with van der Waals surface area (Å²) >= 11 is 0. The molecule has 6 nitrogen and oxygen atoms in total.